The van der Waals surface area contributed by atoms with Crippen LogP contribution < -0.4 is 10.2 Å². The molecule has 5 nitrogen and oxygen atoms in total. The molecule has 1 N–H and O–H groups in total. The molecule has 1 aromatic heterocycles. The number of likely N-dealkylation sites (tertiary alicyclic amines) is 1. The van der Waals surface area contributed by atoms with Gasteiger partial charge in [0.2, 0.25) is 0 Å². The van der Waals surface area contributed by atoms with Crippen LogP contribution in [-0.4, -0.2) is 42.1 Å². The lowest BCUT2D eigenvalue weighted by Gasteiger charge is -2.30. The molecule has 138 valence electrons. The number of para-hydroxylation sites is 2. The fourth-order valence-corrected chi connectivity index (χ4v) is 3.79. The Morgan fingerprint density at radius 2 is 1.96 bits per heavy atom. The topological polar surface area (TPSA) is 48.5 Å². The van der Waals surface area contributed by atoms with Crippen molar-refractivity contribution in [2.75, 3.05) is 30.4 Å². The lowest BCUT2D eigenvalue weighted by atomic mass is 10.2. The van der Waals surface area contributed by atoms with Crippen LogP contribution in [0.25, 0.3) is 10.9 Å². The third-order valence-corrected chi connectivity index (χ3v) is 5.19. The van der Waals surface area contributed by atoms with E-state index in [-0.39, 0.29) is 12.1 Å². The zero-order chi connectivity index (χ0) is 18.6. The number of carbonyl (C=O) groups excluding carboxylic acids is 1. The van der Waals surface area contributed by atoms with Crippen LogP contribution in [0, 0.1) is 0 Å². The van der Waals surface area contributed by atoms with Crippen LogP contribution in [0.3, 0.4) is 0 Å². The van der Waals surface area contributed by atoms with E-state index in [0.29, 0.717) is 0 Å². The van der Waals surface area contributed by atoms with Crippen LogP contribution in [0.15, 0.2) is 66.9 Å². The number of anilines is 2. The second-order valence-electron chi connectivity index (χ2n) is 7.02. The molecular weight excluding hydrogens is 336 g/mol. The lowest BCUT2D eigenvalue weighted by molar-refractivity contribution is 0.207. The Hall–Kier alpha value is -3.08. The van der Waals surface area contributed by atoms with Crippen molar-refractivity contribution < 1.29 is 4.79 Å². The van der Waals surface area contributed by atoms with Gasteiger partial charge in [0.25, 0.3) is 0 Å². The summed E-state index contributed by atoms with van der Waals surface area (Å²) in [5, 5.41) is 4.10. The molecule has 4 rings (SSSR count). The first-order valence-electron chi connectivity index (χ1n) is 9.40. The quantitative estimate of drug-likeness (QED) is 0.752. The Bertz CT molecular complexity index is 923. The number of nitrogens with one attached hydrogen (secondary N) is 1. The predicted molar refractivity (Wildman–Crippen MR) is 110 cm³/mol. The molecule has 2 heterocycles. The SMILES string of the molecule is CN(C[C@@H]1CCCN1C(=O)Nc1cccc2cccnc12)c1ccccc1. The fraction of sp³-hybridized carbons (Fsp3) is 0.273. The normalized spacial score (nSPS) is 16.5. The fourth-order valence-electron chi connectivity index (χ4n) is 3.79. The van der Waals surface area contributed by atoms with E-state index in [1.807, 2.05) is 53.4 Å². The summed E-state index contributed by atoms with van der Waals surface area (Å²) in [6.07, 6.45) is 3.82. The number of aromatic nitrogens is 1. The molecule has 1 aliphatic rings. The maximum atomic E-state index is 13.0. The molecule has 5 heteroatoms. The Kier molecular flexibility index (Phi) is 4.92. The van der Waals surface area contributed by atoms with E-state index in [9.17, 15) is 4.79 Å². The monoisotopic (exact) mass is 360 g/mol. The Labute approximate surface area is 159 Å². The number of carbonyl (C=O) groups is 1. The predicted octanol–water partition coefficient (Wildman–Crippen LogP) is 4.37. The summed E-state index contributed by atoms with van der Waals surface area (Å²) in [4.78, 5) is 21.6. The summed E-state index contributed by atoms with van der Waals surface area (Å²) in [7, 11) is 2.08. The Balaban J connectivity index is 1.47. The highest BCUT2D eigenvalue weighted by atomic mass is 16.2. The first-order chi connectivity index (χ1) is 13.2. The highest BCUT2D eigenvalue weighted by Crippen LogP contribution is 2.24. The van der Waals surface area contributed by atoms with Crippen molar-refractivity contribution in [3.05, 3.63) is 66.9 Å². The van der Waals surface area contributed by atoms with Gasteiger partial charge < -0.3 is 15.1 Å². The molecule has 0 aliphatic carbocycles. The van der Waals surface area contributed by atoms with Crippen molar-refractivity contribution in [1.82, 2.24) is 9.88 Å². The number of hydrogen-bond acceptors (Lipinski definition) is 3. The van der Waals surface area contributed by atoms with E-state index in [1.165, 1.54) is 5.69 Å². The maximum absolute atomic E-state index is 13.0. The molecule has 0 bridgehead atoms. The number of nitrogens with zero attached hydrogens (tertiary/aromatic N) is 3. The van der Waals surface area contributed by atoms with Crippen LogP contribution in [0.2, 0.25) is 0 Å². The molecule has 0 unspecified atom stereocenters. The van der Waals surface area contributed by atoms with E-state index in [0.717, 1.165) is 42.5 Å². The summed E-state index contributed by atoms with van der Waals surface area (Å²) < 4.78 is 0. The average Bonchev–Trinajstić information content (AvgIpc) is 3.17. The summed E-state index contributed by atoms with van der Waals surface area (Å²) in [5.74, 6) is 0. The van der Waals surface area contributed by atoms with E-state index in [2.05, 4.69) is 34.4 Å². The van der Waals surface area contributed by atoms with Gasteiger partial charge in [0, 0.05) is 37.4 Å². The van der Waals surface area contributed by atoms with E-state index in [1.54, 1.807) is 6.20 Å². The summed E-state index contributed by atoms with van der Waals surface area (Å²) in [6, 6.07) is 20.2. The largest absolute Gasteiger partial charge is 0.373 e. The molecule has 1 fully saturated rings. The molecule has 2 amide bonds. The smallest absolute Gasteiger partial charge is 0.322 e. The van der Waals surface area contributed by atoms with Gasteiger partial charge in [-0.25, -0.2) is 4.79 Å². The van der Waals surface area contributed by atoms with Gasteiger partial charge in [0.1, 0.15) is 0 Å². The van der Waals surface area contributed by atoms with Gasteiger partial charge in [-0.15, -0.1) is 0 Å². The number of likely N-dealkylation sites (N-methyl/N-ethyl adjacent to an activating group) is 1. The van der Waals surface area contributed by atoms with Crippen LogP contribution in [-0.2, 0) is 0 Å². The second kappa shape index (κ2) is 7.66. The number of fused-ring (bicyclic) bond motifs is 1. The van der Waals surface area contributed by atoms with E-state index < -0.39 is 0 Å². The first-order valence-corrected chi connectivity index (χ1v) is 9.40. The van der Waals surface area contributed by atoms with Gasteiger partial charge in [-0.05, 0) is 37.1 Å². The van der Waals surface area contributed by atoms with Crippen molar-refractivity contribution in [2.45, 2.75) is 18.9 Å². The lowest BCUT2D eigenvalue weighted by Crippen LogP contribution is -2.44. The zero-order valence-electron chi connectivity index (χ0n) is 15.5. The van der Waals surface area contributed by atoms with Gasteiger partial charge >= 0.3 is 6.03 Å². The van der Waals surface area contributed by atoms with Crippen LogP contribution in [0.1, 0.15) is 12.8 Å². The molecule has 3 aromatic rings. The van der Waals surface area contributed by atoms with Crippen molar-refractivity contribution >= 4 is 28.3 Å². The molecule has 0 saturated carbocycles. The minimum atomic E-state index is -0.0443. The number of benzene rings is 2. The van der Waals surface area contributed by atoms with Gasteiger partial charge in [0.15, 0.2) is 0 Å². The molecule has 1 atom stereocenters. The van der Waals surface area contributed by atoms with Gasteiger partial charge in [0.05, 0.1) is 17.2 Å². The zero-order valence-corrected chi connectivity index (χ0v) is 15.5. The standard InChI is InChI=1S/C22H24N4O/c1-25(18-10-3-2-4-11-18)16-19-12-7-15-26(19)22(27)24-20-13-5-8-17-9-6-14-23-21(17)20/h2-6,8-11,13-14,19H,7,12,15-16H2,1H3,(H,24,27)/t19-/m0/s1. The molecule has 1 aliphatic heterocycles. The van der Waals surface area contributed by atoms with Crippen LogP contribution in [0.5, 0.6) is 0 Å². The average molecular weight is 360 g/mol. The molecule has 27 heavy (non-hydrogen) atoms. The molecular formula is C22H24N4O. The van der Waals surface area contributed by atoms with Crippen molar-refractivity contribution in [3.8, 4) is 0 Å². The number of urea groups is 1. The van der Waals surface area contributed by atoms with Crippen LogP contribution in [0.4, 0.5) is 16.2 Å². The van der Waals surface area contributed by atoms with Crippen molar-refractivity contribution in [2.24, 2.45) is 0 Å². The third kappa shape index (κ3) is 3.72. The first kappa shape index (κ1) is 17.3. The minimum absolute atomic E-state index is 0.0443. The summed E-state index contributed by atoms with van der Waals surface area (Å²) in [5.41, 5.74) is 2.76. The minimum Gasteiger partial charge on any atom is -0.373 e. The van der Waals surface area contributed by atoms with Crippen molar-refractivity contribution in [3.63, 3.8) is 0 Å². The molecule has 1 saturated heterocycles. The van der Waals surface area contributed by atoms with E-state index in [4.69, 9.17) is 0 Å². The summed E-state index contributed by atoms with van der Waals surface area (Å²) >= 11 is 0. The van der Waals surface area contributed by atoms with E-state index >= 15 is 0 Å². The Morgan fingerprint density at radius 1 is 1.15 bits per heavy atom. The van der Waals surface area contributed by atoms with Crippen LogP contribution >= 0.6 is 0 Å². The third-order valence-electron chi connectivity index (χ3n) is 5.19. The highest BCUT2D eigenvalue weighted by molar-refractivity contribution is 5.99. The summed E-state index contributed by atoms with van der Waals surface area (Å²) in [6.45, 7) is 1.61. The number of amides is 2. The second-order valence-corrected chi connectivity index (χ2v) is 7.02. The molecule has 0 spiro atoms. The number of pyridine rings is 1. The number of hydrogen-bond donors (Lipinski definition) is 1. The van der Waals surface area contributed by atoms with Gasteiger partial charge in [-0.1, -0.05) is 36.4 Å². The Morgan fingerprint density at radius 3 is 2.81 bits per heavy atom. The number of rotatable bonds is 4. The molecule has 2 aromatic carbocycles. The maximum Gasteiger partial charge on any atom is 0.322 e. The van der Waals surface area contributed by atoms with Gasteiger partial charge in [-0.2, -0.15) is 0 Å². The van der Waals surface area contributed by atoms with Crippen molar-refractivity contribution in [1.29, 1.82) is 0 Å². The molecule has 0 radical (unpaired) electrons. The highest BCUT2D eigenvalue weighted by Gasteiger charge is 2.30. The van der Waals surface area contributed by atoms with Gasteiger partial charge in [-0.3, -0.25) is 4.98 Å².